The van der Waals surface area contributed by atoms with E-state index in [9.17, 15) is 18.4 Å². The Kier molecular flexibility index (Phi) is 3.99. The summed E-state index contributed by atoms with van der Waals surface area (Å²) in [6.07, 6.45) is 1.53. The summed E-state index contributed by atoms with van der Waals surface area (Å²) >= 11 is 0. The maximum Gasteiger partial charge on any atom is 0.296 e. The highest BCUT2D eigenvalue weighted by atomic mass is 19.1. The Morgan fingerprint density at radius 2 is 1.83 bits per heavy atom. The van der Waals surface area contributed by atoms with Crippen LogP contribution in [0.4, 0.5) is 14.6 Å². The van der Waals surface area contributed by atoms with E-state index in [1.807, 2.05) is 6.92 Å². The van der Waals surface area contributed by atoms with Crippen LogP contribution in [0.3, 0.4) is 0 Å². The van der Waals surface area contributed by atoms with Gasteiger partial charge in [-0.25, -0.2) is 13.8 Å². The number of carbonyl (C=O) groups is 1. The van der Waals surface area contributed by atoms with Gasteiger partial charge in [0, 0.05) is 11.8 Å². The number of pyridine rings is 1. The molecule has 0 aliphatic carbocycles. The molecule has 7 heteroatoms. The van der Waals surface area contributed by atoms with Crippen LogP contribution < -0.4 is 10.3 Å². The quantitative estimate of drug-likeness (QED) is 0.493. The van der Waals surface area contributed by atoms with Gasteiger partial charge in [0.25, 0.3) is 5.91 Å². The van der Waals surface area contributed by atoms with Crippen LogP contribution in [0.2, 0.25) is 0 Å². The highest BCUT2D eigenvalue weighted by molar-refractivity contribution is 6.10. The number of carbonyl (C=O) groups excluding carboxylic acids is 1. The van der Waals surface area contributed by atoms with Gasteiger partial charge >= 0.3 is 0 Å². The van der Waals surface area contributed by atoms with Gasteiger partial charge in [0.05, 0.1) is 17.0 Å². The number of rotatable bonds is 2. The monoisotopic (exact) mass is 404 g/mol. The van der Waals surface area contributed by atoms with E-state index in [0.29, 0.717) is 0 Å². The van der Waals surface area contributed by atoms with Crippen molar-refractivity contribution in [3.05, 3.63) is 105 Å². The fourth-order valence-corrected chi connectivity index (χ4v) is 3.82. The summed E-state index contributed by atoms with van der Waals surface area (Å²) in [5.41, 5.74) is 0.423. The summed E-state index contributed by atoms with van der Waals surface area (Å²) in [7, 11) is 0. The van der Waals surface area contributed by atoms with Crippen LogP contribution in [0.15, 0.2) is 70.0 Å². The highest BCUT2D eigenvalue weighted by Crippen LogP contribution is 2.41. The first-order valence-electron chi connectivity index (χ1n) is 9.22. The molecule has 1 amide bonds. The molecule has 5 rings (SSSR count). The van der Waals surface area contributed by atoms with E-state index >= 15 is 0 Å². The van der Waals surface area contributed by atoms with Crippen LogP contribution in [0.1, 0.15) is 33.3 Å². The fraction of sp³-hybridized carbons (Fsp3) is 0.0870. The summed E-state index contributed by atoms with van der Waals surface area (Å²) in [4.78, 5) is 32.1. The van der Waals surface area contributed by atoms with Crippen molar-refractivity contribution in [2.45, 2.75) is 13.0 Å². The van der Waals surface area contributed by atoms with E-state index in [4.69, 9.17) is 4.42 Å². The molecule has 4 aromatic rings. The Morgan fingerprint density at radius 1 is 1.03 bits per heavy atom. The molecule has 2 aromatic carbocycles. The van der Waals surface area contributed by atoms with E-state index < -0.39 is 29.0 Å². The number of amides is 1. The van der Waals surface area contributed by atoms with Gasteiger partial charge in [-0.15, -0.1) is 0 Å². The van der Waals surface area contributed by atoms with E-state index in [2.05, 4.69) is 4.98 Å². The van der Waals surface area contributed by atoms with Crippen LogP contribution in [0.5, 0.6) is 0 Å². The number of benzene rings is 2. The van der Waals surface area contributed by atoms with Crippen molar-refractivity contribution in [1.29, 1.82) is 0 Å². The lowest BCUT2D eigenvalue weighted by Crippen LogP contribution is -2.30. The minimum absolute atomic E-state index is 0.0121. The van der Waals surface area contributed by atoms with Gasteiger partial charge in [-0.3, -0.25) is 14.5 Å². The van der Waals surface area contributed by atoms with Crippen LogP contribution in [0.25, 0.3) is 11.0 Å². The van der Waals surface area contributed by atoms with E-state index in [1.54, 1.807) is 18.2 Å². The van der Waals surface area contributed by atoms with Crippen LogP contribution >= 0.6 is 0 Å². The topological polar surface area (TPSA) is 63.4 Å². The summed E-state index contributed by atoms with van der Waals surface area (Å²) in [6, 6.07) is 11.7. The van der Waals surface area contributed by atoms with Gasteiger partial charge in [0.2, 0.25) is 5.76 Å². The third-order valence-electron chi connectivity index (χ3n) is 5.18. The Labute approximate surface area is 169 Å². The van der Waals surface area contributed by atoms with Gasteiger partial charge in [-0.05, 0) is 48.9 Å². The van der Waals surface area contributed by atoms with Crippen molar-refractivity contribution >= 4 is 22.7 Å². The second-order valence-corrected chi connectivity index (χ2v) is 7.11. The molecule has 1 aliphatic rings. The van der Waals surface area contributed by atoms with Crippen LogP contribution in [0, 0.1) is 18.6 Å². The highest BCUT2D eigenvalue weighted by Gasteiger charge is 2.45. The maximum atomic E-state index is 14.8. The predicted molar refractivity (Wildman–Crippen MR) is 106 cm³/mol. The number of hydrogen-bond acceptors (Lipinski definition) is 4. The summed E-state index contributed by atoms with van der Waals surface area (Å²) in [6.45, 7) is 1.83. The van der Waals surface area contributed by atoms with Crippen molar-refractivity contribution in [2.75, 3.05) is 4.90 Å². The molecular weight excluding hydrogens is 390 g/mol. The minimum Gasteiger partial charge on any atom is -0.450 e. The van der Waals surface area contributed by atoms with Crippen molar-refractivity contribution in [2.24, 2.45) is 0 Å². The molecule has 0 spiro atoms. The average molecular weight is 404 g/mol. The van der Waals surface area contributed by atoms with Gasteiger partial charge < -0.3 is 4.42 Å². The third-order valence-corrected chi connectivity index (χ3v) is 5.18. The molecule has 0 saturated heterocycles. The fourth-order valence-electron chi connectivity index (χ4n) is 3.82. The van der Waals surface area contributed by atoms with Crippen LogP contribution in [-0.4, -0.2) is 10.9 Å². The number of nitrogens with zero attached hydrogens (tertiary/aromatic N) is 2. The molecule has 0 bridgehead atoms. The molecule has 1 aliphatic heterocycles. The van der Waals surface area contributed by atoms with Crippen molar-refractivity contribution in [3.8, 4) is 0 Å². The largest absolute Gasteiger partial charge is 0.450 e. The van der Waals surface area contributed by atoms with Gasteiger partial charge in [-0.2, -0.15) is 0 Å². The zero-order valence-electron chi connectivity index (χ0n) is 15.7. The number of fused-ring (bicyclic) bond motifs is 2. The molecular formula is C23H14F2N2O3. The molecule has 0 radical (unpaired) electrons. The third kappa shape index (κ3) is 2.62. The molecule has 0 fully saturated rings. The van der Waals surface area contributed by atoms with Gasteiger partial charge in [0.15, 0.2) is 5.43 Å². The summed E-state index contributed by atoms with van der Waals surface area (Å²) in [5, 5.41) is -0.0121. The SMILES string of the molecule is Cc1ccnc(N2C(=O)c3oc4ccc(F)cc4c(=O)c3C2c2ccccc2F)c1. The zero-order valence-corrected chi connectivity index (χ0v) is 15.7. The molecule has 148 valence electrons. The number of aryl methyl sites for hydroxylation is 1. The lowest BCUT2D eigenvalue weighted by molar-refractivity contribution is 0.0970. The molecule has 1 atom stereocenters. The second-order valence-electron chi connectivity index (χ2n) is 7.11. The van der Waals surface area contributed by atoms with Crippen molar-refractivity contribution < 1.29 is 18.0 Å². The first-order chi connectivity index (χ1) is 14.5. The van der Waals surface area contributed by atoms with Crippen molar-refractivity contribution in [3.63, 3.8) is 0 Å². The average Bonchev–Trinajstić information content (AvgIpc) is 3.01. The van der Waals surface area contributed by atoms with Crippen LogP contribution in [-0.2, 0) is 0 Å². The molecule has 0 saturated carbocycles. The van der Waals surface area contributed by atoms with Crippen molar-refractivity contribution in [1.82, 2.24) is 4.98 Å². The van der Waals surface area contributed by atoms with E-state index in [-0.39, 0.29) is 33.7 Å². The Hall–Kier alpha value is -3.87. The molecule has 5 nitrogen and oxygen atoms in total. The Morgan fingerprint density at radius 3 is 2.60 bits per heavy atom. The number of halogens is 2. The Bertz CT molecular complexity index is 1400. The lowest BCUT2D eigenvalue weighted by Gasteiger charge is -2.24. The first kappa shape index (κ1) is 18.2. The van der Waals surface area contributed by atoms with Gasteiger partial charge in [0.1, 0.15) is 23.0 Å². The molecule has 0 N–H and O–H groups in total. The zero-order chi connectivity index (χ0) is 21.0. The lowest BCUT2D eigenvalue weighted by atomic mass is 9.98. The number of hydrogen-bond donors (Lipinski definition) is 0. The number of aromatic nitrogens is 1. The normalized spacial score (nSPS) is 15.6. The molecule has 30 heavy (non-hydrogen) atoms. The van der Waals surface area contributed by atoms with Gasteiger partial charge in [-0.1, -0.05) is 18.2 Å². The smallest absolute Gasteiger partial charge is 0.296 e. The van der Waals surface area contributed by atoms with E-state index in [0.717, 1.165) is 17.7 Å². The molecule has 3 heterocycles. The minimum atomic E-state index is -1.09. The number of anilines is 1. The predicted octanol–water partition coefficient (Wildman–Crippen LogP) is 4.52. The molecule has 2 aromatic heterocycles. The Balaban J connectivity index is 1.86. The van der Waals surface area contributed by atoms with E-state index in [1.165, 1.54) is 35.4 Å². The maximum absolute atomic E-state index is 14.8. The second kappa shape index (κ2) is 6.59. The summed E-state index contributed by atoms with van der Waals surface area (Å²) < 4.78 is 34.3. The first-order valence-corrected chi connectivity index (χ1v) is 9.22. The standard InChI is InChI=1S/C23H14F2N2O3/c1-12-8-9-26-18(10-12)27-20(14-4-2-3-5-16(14)25)19-21(28)15-11-13(24)6-7-17(15)30-22(19)23(27)29/h2-11,20H,1H3. The summed E-state index contributed by atoms with van der Waals surface area (Å²) in [5.74, 6) is -1.75. The molecule has 1 unspecified atom stereocenters.